The van der Waals surface area contributed by atoms with Gasteiger partial charge in [-0.05, 0) is 49.6 Å². The minimum Gasteiger partial charge on any atom is -0.484 e. The van der Waals surface area contributed by atoms with Crippen LogP contribution in [0.5, 0.6) is 5.75 Å². The van der Waals surface area contributed by atoms with Gasteiger partial charge in [-0.15, -0.1) is 0 Å². The molecular weight excluding hydrogens is 268 g/mol. The third-order valence-electron chi connectivity index (χ3n) is 3.78. The Labute approximate surface area is 126 Å². The predicted octanol–water partition coefficient (Wildman–Crippen LogP) is 1.42. The molecule has 0 fully saturated rings. The maximum Gasteiger partial charge on any atom is 0.258 e. The fourth-order valence-corrected chi connectivity index (χ4v) is 2.67. The van der Waals surface area contributed by atoms with E-state index in [1.807, 2.05) is 13.1 Å². The van der Waals surface area contributed by atoms with Crippen molar-refractivity contribution < 1.29 is 14.3 Å². The number of benzene rings is 1. The lowest BCUT2D eigenvalue weighted by Crippen LogP contribution is -2.31. The van der Waals surface area contributed by atoms with Crippen molar-refractivity contribution in [3.8, 4) is 5.75 Å². The van der Waals surface area contributed by atoms with Crippen molar-refractivity contribution >= 4 is 5.91 Å². The van der Waals surface area contributed by atoms with Gasteiger partial charge in [0.15, 0.2) is 6.61 Å². The molecule has 0 saturated heterocycles. The fourth-order valence-electron chi connectivity index (χ4n) is 2.67. The Morgan fingerprint density at radius 1 is 1.43 bits per heavy atom. The smallest absolute Gasteiger partial charge is 0.258 e. The molecule has 5 heteroatoms. The summed E-state index contributed by atoms with van der Waals surface area (Å²) < 4.78 is 10.4. The molecule has 0 heterocycles. The number of ether oxygens (including phenoxy) is 2. The van der Waals surface area contributed by atoms with E-state index in [1.165, 1.54) is 24.0 Å². The highest BCUT2D eigenvalue weighted by atomic mass is 16.5. The van der Waals surface area contributed by atoms with Crippen LogP contribution in [-0.4, -0.2) is 39.8 Å². The first-order valence-corrected chi connectivity index (χ1v) is 7.43. The first-order chi connectivity index (χ1) is 10.2. The quantitative estimate of drug-likeness (QED) is 0.746. The van der Waals surface area contributed by atoms with Gasteiger partial charge in [0, 0.05) is 19.7 Å². The van der Waals surface area contributed by atoms with E-state index in [1.54, 1.807) is 7.11 Å². The lowest BCUT2D eigenvalue weighted by Gasteiger charge is -2.25. The molecule has 1 unspecified atom stereocenters. The molecule has 21 heavy (non-hydrogen) atoms. The molecule has 116 valence electrons. The van der Waals surface area contributed by atoms with E-state index in [0.717, 1.165) is 12.2 Å². The number of rotatable bonds is 7. The van der Waals surface area contributed by atoms with E-state index in [9.17, 15) is 4.79 Å². The lowest BCUT2D eigenvalue weighted by molar-refractivity contribution is -0.123. The fraction of sp³-hybridized carbons (Fsp3) is 0.562. The van der Waals surface area contributed by atoms with Gasteiger partial charge in [0.25, 0.3) is 5.91 Å². The monoisotopic (exact) mass is 292 g/mol. The van der Waals surface area contributed by atoms with Gasteiger partial charge in [0.1, 0.15) is 5.75 Å². The molecule has 2 N–H and O–H groups in total. The third kappa shape index (κ3) is 4.44. The number of hydrogen-bond acceptors (Lipinski definition) is 4. The van der Waals surface area contributed by atoms with Crippen molar-refractivity contribution in [2.45, 2.75) is 25.3 Å². The van der Waals surface area contributed by atoms with Gasteiger partial charge in [-0.1, -0.05) is 6.07 Å². The summed E-state index contributed by atoms with van der Waals surface area (Å²) in [6.07, 6.45) is 3.43. The summed E-state index contributed by atoms with van der Waals surface area (Å²) in [5.74, 6) is 0.630. The van der Waals surface area contributed by atoms with E-state index in [-0.39, 0.29) is 12.5 Å². The van der Waals surface area contributed by atoms with E-state index in [2.05, 4.69) is 22.8 Å². The molecule has 0 aromatic heterocycles. The average Bonchev–Trinajstić information content (AvgIpc) is 2.52. The number of fused-ring (bicyclic) bond motifs is 1. The van der Waals surface area contributed by atoms with E-state index in [4.69, 9.17) is 9.47 Å². The minimum absolute atomic E-state index is 0.0396. The molecule has 0 saturated carbocycles. The lowest BCUT2D eigenvalue weighted by atomic mass is 9.87. The van der Waals surface area contributed by atoms with Crippen molar-refractivity contribution in [1.29, 1.82) is 0 Å². The van der Waals surface area contributed by atoms with Gasteiger partial charge < -0.3 is 20.1 Å². The van der Waals surface area contributed by atoms with Crippen molar-refractivity contribution in [3.05, 3.63) is 29.3 Å². The zero-order chi connectivity index (χ0) is 15.1. The largest absolute Gasteiger partial charge is 0.484 e. The molecule has 0 aliphatic heterocycles. The Morgan fingerprint density at radius 2 is 2.29 bits per heavy atom. The van der Waals surface area contributed by atoms with Crippen LogP contribution in [0.4, 0.5) is 0 Å². The van der Waals surface area contributed by atoms with Gasteiger partial charge in [0.05, 0.1) is 6.61 Å². The van der Waals surface area contributed by atoms with Crippen LogP contribution >= 0.6 is 0 Å². The third-order valence-corrected chi connectivity index (χ3v) is 3.78. The number of amides is 1. The molecule has 1 aromatic rings. The number of hydrogen-bond donors (Lipinski definition) is 2. The summed E-state index contributed by atoms with van der Waals surface area (Å²) in [4.78, 5) is 11.6. The summed E-state index contributed by atoms with van der Waals surface area (Å²) in [5, 5.41) is 6.08. The van der Waals surface area contributed by atoms with Gasteiger partial charge >= 0.3 is 0 Å². The molecule has 0 radical (unpaired) electrons. The first-order valence-electron chi connectivity index (χ1n) is 7.43. The van der Waals surface area contributed by atoms with Crippen molar-refractivity contribution in [3.63, 3.8) is 0 Å². The highest BCUT2D eigenvalue weighted by Crippen LogP contribution is 2.31. The highest BCUT2D eigenvalue weighted by molar-refractivity contribution is 5.77. The topological polar surface area (TPSA) is 59.6 Å². The standard InChI is InChI=1S/C16H24N2O3/c1-17-15-5-3-4-12-10-13(6-7-14(12)15)21-11-16(19)18-8-9-20-2/h6-7,10,15,17H,3-5,8-9,11H2,1-2H3,(H,18,19). The summed E-state index contributed by atoms with van der Waals surface area (Å²) in [7, 11) is 3.60. The average molecular weight is 292 g/mol. The summed E-state index contributed by atoms with van der Waals surface area (Å²) in [6.45, 7) is 1.06. The number of methoxy groups -OCH3 is 1. The van der Waals surface area contributed by atoms with Crippen LogP contribution in [0.25, 0.3) is 0 Å². The molecule has 5 nitrogen and oxygen atoms in total. The Kier molecular flexibility index (Phi) is 6.02. The van der Waals surface area contributed by atoms with Crippen LogP contribution in [0.15, 0.2) is 18.2 Å². The Balaban J connectivity index is 1.89. The van der Waals surface area contributed by atoms with Crippen molar-refractivity contribution in [1.82, 2.24) is 10.6 Å². The van der Waals surface area contributed by atoms with E-state index < -0.39 is 0 Å². The second kappa shape index (κ2) is 8.00. The van der Waals surface area contributed by atoms with Crippen LogP contribution in [0, 0.1) is 0 Å². The SMILES string of the molecule is CNC1CCCc2cc(OCC(=O)NCCOC)ccc21. The van der Waals surface area contributed by atoms with Gasteiger partial charge in [0.2, 0.25) is 0 Å². The summed E-state index contributed by atoms with van der Waals surface area (Å²) in [5.41, 5.74) is 2.67. The Morgan fingerprint density at radius 3 is 3.05 bits per heavy atom. The normalized spacial score (nSPS) is 17.1. The maximum atomic E-state index is 11.6. The second-order valence-electron chi connectivity index (χ2n) is 5.23. The van der Waals surface area contributed by atoms with Crippen LogP contribution in [0.1, 0.15) is 30.0 Å². The highest BCUT2D eigenvalue weighted by Gasteiger charge is 2.19. The molecule has 1 atom stereocenters. The second-order valence-corrected chi connectivity index (χ2v) is 5.23. The number of nitrogens with one attached hydrogen (secondary N) is 2. The maximum absolute atomic E-state index is 11.6. The van der Waals surface area contributed by atoms with Crippen LogP contribution < -0.4 is 15.4 Å². The van der Waals surface area contributed by atoms with E-state index >= 15 is 0 Å². The van der Waals surface area contributed by atoms with Gasteiger partial charge in [-0.25, -0.2) is 0 Å². The first kappa shape index (κ1) is 15.8. The van der Waals surface area contributed by atoms with Crippen molar-refractivity contribution in [2.75, 3.05) is 33.9 Å². The minimum atomic E-state index is -0.127. The zero-order valence-corrected chi connectivity index (χ0v) is 12.8. The molecule has 0 spiro atoms. The van der Waals surface area contributed by atoms with Crippen LogP contribution in [0.3, 0.4) is 0 Å². The molecular formula is C16H24N2O3. The van der Waals surface area contributed by atoms with Crippen LogP contribution in [-0.2, 0) is 16.0 Å². The summed E-state index contributed by atoms with van der Waals surface area (Å²) in [6, 6.07) is 6.53. The predicted molar refractivity (Wildman–Crippen MR) is 81.6 cm³/mol. The van der Waals surface area contributed by atoms with Gasteiger partial charge in [-0.2, -0.15) is 0 Å². The number of carbonyl (C=O) groups excluding carboxylic acids is 1. The molecule has 0 bridgehead atoms. The molecule has 1 aromatic carbocycles. The zero-order valence-electron chi connectivity index (χ0n) is 12.8. The number of carbonyl (C=O) groups is 1. The summed E-state index contributed by atoms with van der Waals surface area (Å²) >= 11 is 0. The molecule has 1 aliphatic rings. The molecule has 1 aliphatic carbocycles. The Hall–Kier alpha value is -1.59. The Bertz CT molecular complexity index is 477. The van der Waals surface area contributed by atoms with Gasteiger partial charge in [-0.3, -0.25) is 4.79 Å². The molecule has 1 amide bonds. The van der Waals surface area contributed by atoms with Crippen molar-refractivity contribution in [2.24, 2.45) is 0 Å². The molecule has 2 rings (SSSR count). The number of aryl methyl sites for hydroxylation is 1. The van der Waals surface area contributed by atoms with Crippen LogP contribution in [0.2, 0.25) is 0 Å². The van der Waals surface area contributed by atoms with E-state index in [0.29, 0.717) is 19.2 Å².